The number of hydrogen-bond acceptors (Lipinski definition) is 2. The number of H-pyrrole nitrogens is 1. The van der Waals surface area contributed by atoms with Crippen molar-refractivity contribution >= 4 is 28.3 Å². The molecule has 2 aromatic heterocycles. The van der Waals surface area contributed by atoms with Crippen LogP contribution in [0.4, 0.5) is 5.82 Å². The predicted octanol–water partition coefficient (Wildman–Crippen LogP) is 2.80. The highest BCUT2D eigenvalue weighted by atomic mass is 35.5. The first-order chi connectivity index (χ1) is 8.18. The maximum atomic E-state index is 6.18. The molecule has 0 saturated carbocycles. The number of anilines is 1. The predicted molar refractivity (Wildman–Crippen MR) is 69.9 cm³/mol. The van der Waals surface area contributed by atoms with Gasteiger partial charge < -0.3 is 10.3 Å². The van der Waals surface area contributed by atoms with E-state index < -0.39 is 0 Å². The molecule has 17 heavy (non-hydrogen) atoms. The summed E-state index contributed by atoms with van der Waals surface area (Å²) < 4.78 is 2.00. The van der Waals surface area contributed by atoms with Gasteiger partial charge in [0.05, 0.1) is 16.7 Å². The number of halogens is 1. The largest absolute Gasteiger partial charge is 0.384 e. The second-order valence-corrected chi connectivity index (χ2v) is 4.39. The van der Waals surface area contributed by atoms with E-state index in [9.17, 15) is 0 Å². The summed E-state index contributed by atoms with van der Waals surface area (Å²) >= 11 is 6.18. The van der Waals surface area contributed by atoms with Crippen molar-refractivity contribution in [3.8, 4) is 11.1 Å². The summed E-state index contributed by atoms with van der Waals surface area (Å²) in [6.07, 6.45) is 3.62. The Bertz CT molecular complexity index is 696. The number of aromatic nitrogens is 3. The third-order valence-corrected chi connectivity index (χ3v) is 3.21. The van der Waals surface area contributed by atoms with Gasteiger partial charge in [-0.05, 0) is 0 Å². The van der Waals surface area contributed by atoms with Gasteiger partial charge >= 0.3 is 0 Å². The number of nitrogen functional groups attached to an aromatic ring is 1. The SMILES string of the molecule is Cn1cc(Cl)c2cccc(-c3cn[nH]c3N)c21. The first-order valence-corrected chi connectivity index (χ1v) is 5.59. The van der Waals surface area contributed by atoms with Gasteiger partial charge in [-0.15, -0.1) is 0 Å². The molecule has 3 rings (SSSR count). The maximum Gasteiger partial charge on any atom is 0.126 e. The summed E-state index contributed by atoms with van der Waals surface area (Å²) in [5.41, 5.74) is 8.85. The summed E-state index contributed by atoms with van der Waals surface area (Å²) in [6, 6.07) is 5.98. The smallest absolute Gasteiger partial charge is 0.126 e. The van der Waals surface area contributed by atoms with E-state index in [1.165, 1.54) is 0 Å². The minimum atomic E-state index is 0.565. The molecule has 0 radical (unpaired) electrons. The van der Waals surface area contributed by atoms with Crippen LogP contribution in [0.1, 0.15) is 0 Å². The fourth-order valence-electron chi connectivity index (χ4n) is 2.15. The van der Waals surface area contributed by atoms with E-state index in [-0.39, 0.29) is 0 Å². The molecule has 3 N–H and O–H groups in total. The van der Waals surface area contributed by atoms with Crippen molar-refractivity contribution in [2.75, 3.05) is 5.73 Å². The second-order valence-electron chi connectivity index (χ2n) is 3.99. The molecule has 1 aromatic carbocycles. The van der Waals surface area contributed by atoms with E-state index in [0.717, 1.165) is 27.1 Å². The highest BCUT2D eigenvalue weighted by Crippen LogP contribution is 2.34. The van der Waals surface area contributed by atoms with Crippen LogP contribution in [-0.4, -0.2) is 14.8 Å². The molecule has 0 aliphatic carbocycles. The van der Waals surface area contributed by atoms with Gasteiger partial charge in [-0.25, -0.2) is 0 Å². The highest BCUT2D eigenvalue weighted by molar-refractivity contribution is 6.36. The van der Waals surface area contributed by atoms with Crippen molar-refractivity contribution in [2.24, 2.45) is 7.05 Å². The summed E-state index contributed by atoms with van der Waals surface area (Å²) in [6.45, 7) is 0. The van der Waals surface area contributed by atoms with E-state index in [4.69, 9.17) is 17.3 Å². The van der Waals surface area contributed by atoms with Gasteiger partial charge in [0, 0.05) is 29.8 Å². The first-order valence-electron chi connectivity index (χ1n) is 5.21. The number of rotatable bonds is 1. The average Bonchev–Trinajstić information content (AvgIpc) is 2.85. The lowest BCUT2D eigenvalue weighted by molar-refractivity contribution is 0.970. The highest BCUT2D eigenvalue weighted by Gasteiger charge is 2.13. The number of nitrogens with one attached hydrogen (secondary N) is 1. The number of aromatic amines is 1. The number of hydrogen-bond donors (Lipinski definition) is 2. The van der Waals surface area contributed by atoms with Crippen LogP contribution in [0.2, 0.25) is 5.02 Å². The third kappa shape index (κ3) is 1.41. The molecule has 4 nitrogen and oxygen atoms in total. The standard InChI is InChI=1S/C12H11ClN4/c1-17-6-10(13)8-4-2-3-7(11(8)17)9-5-15-16-12(9)14/h2-6H,1H3,(H3,14,15,16). The van der Waals surface area contributed by atoms with Crippen molar-refractivity contribution in [1.29, 1.82) is 0 Å². The molecular weight excluding hydrogens is 236 g/mol. The van der Waals surface area contributed by atoms with Gasteiger partial charge in [0.1, 0.15) is 5.82 Å². The second kappa shape index (κ2) is 3.53. The van der Waals surface area contributed by atoms with Crippen LogP contribution in [0.5, 0.6) is 0 Å². The quantitative estimate of drug-likeness (QED) is 0.694. The van der Waals surface area contributed by atoms with Crippen LogP contribution < -0.4 is 5.73 Å². The van der Waals surface area contributed by atoms with Crippen LogP contribution in [0.15, 0.2) is 30.6 Å². The molecule has 0 amide bonds. The van der Waals surface area contributed by atoms with Crippen molar-refractivity contribution in [3.05, 3.63) is 35.6 Å². The van der Waals surface area contributed by atoms with Gasteiger partial charge in [0.15, 0.2) is 0 Å². The molecule has 0 bridgehead atoms. The molecule has 2 heterocycles. The fraction of sp³-hybridized carbons (Fsp3) is 0.0833. The van der Waals surface area contributed by atoms with Gasteiger partial charge in [-0.1, -0.05) is 29.8 Å². The Kier molecular flexibility index (Phi) is 2.12. The maximum absolute atomic E-state index is 6.18. The zero-order valence-corrected chi connectivity index (χ0v) is 9.99. The molecular formula is C12H11ClN4. The van der Waals surface area contributed by atoms with Gasteiger partial charge in [0.2, 0.25) is 0 Å². The lowest BCUT2D eigenvalue weighted by Gasteiger charge is -2.04. The van der Waals surface area contributed by atoms with E-state index in [2.05, 4.69) is 10.2 Å². The van der Waals surface area contributed by atoms with E-state index in [1.807, 2.05) is 36.0 Å². The first kappa shape index (κ1) is 10.2. The molecule has 5 heteroatoms. The zero-order valence-electron chi connectivity index (χ0n) is 9.24. The van der Waals surface area contributed by atoms with Crippen molar-refractivity contribution in [2.45, 2.75) is 0 Å². The summed E-state index contributed by atoms with van der Waals surface area (Å²) in [4.78, 5) is 0. The Morgan fingerprint density at radius 3 is 2.88 bits per heavy atom. The van der Waals surface area contributed by atoms with Gasteiger partial charge in [-0.2, -0.15) is 5.10 Å². The van der Waals surface area contributed by atoms with Crippen LogP contribution in [-0.2, 0) is 7.05 Å². The molecule has 86 valence electrons. The molecule has 0 aliphatic rings. The molecule has 0 saturated heterocycles. The minimum Gasteiger partial charge on any atom is -0.384 e. The van der Waals surface area contributed by atoms with Crippen molar-refractivity contribution in [1.82, 2.24) is 14.8 Å². The molecule has 0 fully saturated rings. The Balaban J connectivity index is 2.42. The monoisotopic (exact) mass is 246 g/mol. The number of para-hydroxylation sites is 1. The van der Waals surface area contributed by atoms with Gasteiger partial charge in [0.25, 0.3) is 0 Å². The normalized spacial score (nSPS) is 11.2. The Morgan fingerprint density at radius 1 is 1.35 bits per heavy atom. The van der Waals surface area contributed by atoms with E-state index in [1.54, 1.807) is 6.20 Å². The summed E-state index contributed by atoms with van der Waals surface area (Å²) in [5, 5.41) is 8.46. The number of aryl methyl sites for hydroxylation is 1. The van der Waals surface area contributed by atoms with Gasteiger partial charge in [-0.3, -0.25) is 5.10 Å². The summed E-state index contributed by atoms with van der Waals surface area (Å²) in [7, 11) is 1.97. The number of fused-ring (bicyclic) bond motifs is 1. The molecule has 0 atom stereocenters. The van der Waals surface area contributed by atoms with Crippen molar-refractivity contribution in [3.63, 3.8) is 0 Å². The molecule has 3 aromatic rings. The molecule has 0 aliphatic heterocycles. The molecule has 0 unspecified atom stereocenters. The fourth-order valence-corrected chi connectivity index (χ4v) is 2.45. The van der Waals surface area contributed by atoms with Crippen LogP contribution in [0.25, 0.3) is 22.0 Å². The number of benzene rings is 1. The third-order valence-electron chi connectivity index (χ3n) is 2.91. The number of nitrogens with two attached hydrogens (primary N) is 1. The van der Waals surface area contributed by atoms with E-state index >= 15 is 0 Å². The zero-order chi connectivity index (χ0) is 12.0. The minimum absolute atomic E-state index is 0.565. The molecule has 0 spiro atoms. The van der Waals surface area contributed by atoms with E-state index in [0.29, 0.717) is 5.82 Å². The summed E-state index contributed by atoms with van der Waals surface area (Å²) in [5.74, 6) is 0.565. The van der Waals surface area contributed by atoms with Crippen LogP contribution in [0.3, 0.4) is 0 Å². The Morgan fingerprint density at radius 2 is 2.18 bits per heavy atom. The number of nitrogens with zero attached hydrogens (tertiary/aromatic N) is 2. The van der Waals surface area contributed by atoms with Crippen LogP contribution >= 0.6 is 11.6 Å². The van der Waals surface area contributed by atoms with Crippen LogP contribution in [0, 0.1) is 0 Å². The van der Waals surface area contributed by atoms with Crippen molar-refractivity contribution < 1.29 is 0 Å². The Labute approximate surface area is 103 Å². The lowest BCUT2D eigenvalue weighted by atomic mass is 10.1. The topological polar surface area (TPSA) is 59.6 Å². The Hall–Kier alpha value is -1.94. The lowest BCUT2D eigenvalue weighted by Crippen LogP contribution is -1.91. The average molecular weight is 247 g/mol.